The maximum Gasteiger partial charge on any atom is 0.312 e. The summed E-state index contributed by atoms with van der Waals surface area (Å²) in [4.78, 5) is -0.180. The van der Waals surface area contributed by atoms with Crippen LogP contribution in [0.15, 0.2) is 58.3 Å². The summed E-state index contributed by atoms with van der Waals surface area (Å²) in [5.74, 6) is 0. The van der Waals surface area contributed by atoms with E-state index in [-0.39, 0.29) is 9.79 Å². The number of rotatable bonds is 10. The number of hydrogen-bond acceptors (Lipinski definition) is 5. The average molecular weight is 411 g/mol. The third-order valence-corrected chi connectivity index (χ3v) is 7.57. The first-order valence-electron chi connectivity index (χ1n) is 9.18. The van der Waals surface area contributed by atoms with Crippen molar-refractivity contribution in [1.29, 1.82) is 0 Å². The van der Waals surface area contributed by atoms with Crippen LogP contribution in [0.2, 0.25) is 0 Å². The Morgan fingerprint density at radius 1 is 0.667 bits per heavy atom. The number of benzene rings is 2. The lowest BCUT2D eigenvalue weighted by molar-refractivity contribution is 0.460. The van der Waals surface area contributed by atoms with E-state index in [4.69, 9.17) is 3.63 Å². The highest BCUT2D eigenvalue weighted by atomic mass is 32.3. The molecule has 0 heterocycles. The highest BCUT2D eigenvalue weighted by molar-refractivity contribution is 8.00. The molecule has 0 N–H and O–H groups in total. The van der Waals surface area contributed by atoms with Crippen LogP contribution in [0.4, 0.5) is 0 Å². The Morgan fingerprint density at radius 2 is 1.04 bits per heavy atom. The van der Waals surface area contributed by atoms with E-state index < -0.39 is 20.2 Å². The van der Waals surface area contributed by atoms with Gasteiger partial charge in [0.25, 0.3) is 0 Å². The minimum absolute atomic E-state index is 0.0898. The van der Waals surface area contributed by atoms with Gasteiger partial charge in [-0.25, -0.2) is 0 Å². The van der Waals surface area contributed by atoms with Crippen LogP contribution >= 0.6 is 0 Å². The molecule has 0 saturated carbocycles. The van der Waals surface area contributed by atoms with E-state index in [0.29, 0.717) is 24.0 Å². The first-order valence-corrected chi connectivity index (χ1v) is 12.0. The summed E-state index contributed by atoms with van der Waals surface area (Å²) >= 11 is 0. The van der Waals surface area contributed by atoms with Crippen molar-refractivity contribution in [3.8, 4) is 0 Å². The quantitative estimate of drug-likeness (QED) is 0.578. The van der Waals surface area contributed by atoms with Gasteiger partial charge >= 0.3 is 20.2 Å². The van der Waals surface area contributed by atoms with Gasteiger partial charge in [0.05, 0.1) is 9.79 Å². The molecule has 0 fully saturated rings. The van der Waals surface area contributed by atoms with Crippen molar-refractivity contribution in [1.82, 2.24) is 0 Å². The first-order chi connectivity index (χ1) is 12.8. The smallest absolute Gasteiger partial charge is 0.193 e. The van der Waals surface area contributed by atoms with Crippen molar-refractivity contribution in [2.75, 3.05) is 0 Å². The second-order valence-electron chi connectivity index (χ2n) is 6.40. The molecule has 5 nitrogen and oxygen atoms in total. The molecule has 2 aromatic rings. The van der Waals surface area contributed by atoms with Gasteiger partial charge in [-0.2, -0.15) is 16.8 Å². The van der Waals surface area contributed by atoms with E-state index in [2.05, 4.69) is 0 Å². The first kappa shape index (κ1) is 21.6. The fourth-order valence-electron chi connectivity index (χ4n) is 2.83. The topological polar surface area (TPSA) is 77.5 Å². The van der Waals surface area contributed by atoms with Gasteiger partial charge < -0.3 is 0 Å². The van der Waals surface area contributed by atoms with Gasteiger partial charge in [-0.15, -0.1) is 3.63 Å². The summed E-state index contributed by atoms with van der Waals surface area (Å²) in [6.45, 7) is 4.01. The number of unbranched alkanes of at least 4 members (excludes halogenated alkanes) is 2. The summed E-state index contributed by atoms with van der Waals surface area (Å²) in [6.07, 6.45) is 4.50. The highest BCUT2D eigenvalue weighted by Crippen LogP contribution is 2.26. The lowest BCUT2D eigenvalue weighted by Gasteiger charge is -2.12. The van der Waals surface area contributed by atoms with Gasteiger partial charge in [0, 0.05) is 0 Å². The SMILES string of the molecule is CCCCc1ccccc1S(=O)(=O)OS(=O)(=O)c1ccccc1CCCC. The molecule has 0 radical (unpaired) electrons. The number of hydrogen-bond donors (Lipinski definition) is 0. The average Bonchev–Trinajstić information content (AvgIpc) is 2.64. The number of aryl methyl sites for hydroxylation is 2. The summed E-state index contributed by atoms with van der Waals surface area (Å²) in [7, 11) is -8.90. The summed E-state index contributed by atoms with van der Waals surface area (Å²) in [5, 5.41) is 0. The predicted octanol–water partition coefficient (Wildman–Crippen LogP) is 4.47. The van der Waals surface area contributed by atoms with E-state index in [0.717, 1.165) is 25.7 Å². The lowest BCUT2D eigenvalue weighted by Crippen LogP contribution is -2.17. The van der Waals surface area contributed by atoms with Crippen LogP contribution in [0.3, 0.4) is 0 Å². The van der Waals surface area contributed by atoms with Crippen LogP contribution < -0.4 is 0 Å². The molecule has 0 spiro atoms. The van der Waals surface area contributed by atoms with Crippen LogP contribution in [0.1, 0.15) is 50.7 Å². The van der Waals surface area contributed by atoms with Crippen molar-refractivity contribution in [3.63, 3.8) is 0 Å². The maximum absolute atomic E-state index is 12.7. The van der Waals surface area contributed by atoms with E-state index in [1.54, 1.807) is 36.4 Å². The Labute approximate surface area is 162 Å². The molecule has 0 aromatic heterocycles. The molecule has 148 valence electrons. The molecule has 0 aliphatic carbocycles. The Balaban J connectivity index is 2.38. The molecule has 0 atom stereocenters. The fraction of sp³-hybridized carbons (Fsp3) is 0.400. The van der Waals surface area contributed by atoms with Crippen LogP contribution in [0, 0.1) is 0 Å². The van der Waals surface area contributed by atoms with E-state index >= 15 is 0 Å². The van der Waals surface area contributed by atoms with Gasteiger partial charge in [0.1, 0.15) is 0 Å². The van der Waals surface area contributed by atoms with Crippen molar-refractivity contribution >= 4 is 20.2 Å². The normalized spacial score (nSPS) is 12.2. The lowest BCUT2D eigenvalue weighted by atomic mass is 10.1. The molecule has 0 aliphatic rings. The second-order valence-corrected chi connectivity index (χ2v) is 9.64. The molecule has 0 amide bonds. The van der Waals surface area contributed by atoms with E-state index in [1.165, 1.54) is 12.1 Å². The second kappa shape index (κ2) is 9.48. The van der Waals surface area contributed by atoms with Gasteiger partial charge in [0.2, 0.25) is 0 Å². The largest absolute Gasteiger partial charge is 0.312 e. The Kier molecular flexibility index (Phi) is 7.59. The third-order valence-electron chi connectivity index (χ3n) is 4.26. The minimum atomic E-state index is -4.45. The Hall–Kier alpha value is -1.70. The van der Waals surface area contributed by atoms with Crippen molar-refractivity contribution in [3.05, 3.63) is 59.7 Å². The Morgan fingerprint density at radius 3 is 1.41 bits per heavy atom. The van der Waals surface area contributed by atoms with Crippen LogP contribution in [0.25, 0.3) is 0 Å². The molecule has 2 rings (SSSR count). The van der Waals surface area contributed by atoms with Crippen molar-refractivity contribution < 1.29 is 20.5 Å². The van der Waals surface area contributed by atoms with Crippen LogP contribution in [-0.4, -0.2) is 16.8 Å². The molecule has 0 saturated heterocycles. The van der Waals surface area contributed by atoms with E-state index in [1.807, 2.05) is 13.8 Å². The standard InChI is InChI=1S/C20H26O5S2/c1-3-5-11-17-13-7-9-15-19(17)26(21,22)25-27(23,24)20-16-10-8-14-18(20)12-6-4-2/h7-10,13-16H,3-6,11-12H2,1-2H3. The maximum atomic E-state index is 12.7. The molecular weight excluding hydrogens is 384 g/mol. The molecule has 27 heavy (non-hydrogen) atoms. The monoisotopic (exact) mass is 410 g/mol. The molecule has 2 aromatic carbocycles. The van der Waals surface area contributed by atoms with Crippen LogP contribution in [0.5, 0.6) is 0 Å². The summed E-state index contributed by atoms with van der Waals surface area (Å²) in [5.41, 5.74) is 1.13. The van der Waals surface area contributed by atoms with Gasteiger partial charge in [-0.05, 0) is 48.9 Å². The Bertz CT molecular complexity index is 884. The van der Waals surface area contributed by atoms with Crippen molar-refractivity contribution in [2.45, 2.75) is 62.2 Å². The van der Waals surface area contributed by atoms with Crippen molar-refractivity contribution in [2.24, 2.45) is 0 Å². The van der Waals surface area contributed by atoms with Gasteiger partial charge in [-0.3, -0.25) is 0 Å². The molecule has 0 bridgehead atoms. The van der Waals surface area contributed by atoms with Crippen LogP contribution in [-0.2, 0) is 36.7 Å². The summed E-state index contributed by atoms with van der Waals surface area (Å²) < 4.78 is 55.7. The van der Waals surface area contributed by atoms with Gasteiger partial charge in [-0.1, -0.05) is 63.1 Å². The minimum Gasteiger partial charge on any atom is -0.193 e. The molecule has 7 heteroatoms. The van der Waals surface area contributed by atoms with Gasteiger partial charge in [0.15, 0.2) is 0 Å². The predicted molar refractivity (Wildman–Crippen MR) is 106 cm³/mol. The van der Waals surface area contributed by atoms with E-state index in [9.17, 15) is 16.8 Å². The zero-order valence-electron chi connectivity index (χ0n) is 15.7. The fourth-order valence-corrected chi connectivity index (χ4v) is 5.84. The zero-order chi connectivity index (χ0) is 19.9. The third kappa shape index (κ3) is 5.64. The molecule has 0 aliphatic heterocycles. The molecule has 0 unspecified atom stereocenters. The highest BCUT2D eigenvalue weighted by Gasteiger charge is 2.29. The summed E-state index contributed by atoms with van der Waals surface area (Å²) in [6, 6.07) is 12.7. The zero-order valence-corrected chi connectivity index (χ0v) is 17.4. The molecular formula is C20H26O5S2.